The molecule has 2 aromatic heterocycles. The molecular formula is C8H10N4. The van der Waals surface area contributed by atoms with E-state index in [1.54, 1.807) is 0 Å². The van der Waals surface area contributed by atoms with Crippen molar-refractivity contribution in [3.05, 3.63) is 23.9 Å². The summed E-state index contributed by atoms with van der Waals surface area (Å²) >= 11 is 0. The fourth-order valence-corrected chi connectivity index (χ4v) is 1.16. The van der Waals surface area contributed by atoms with Crippen LogP contribution in [-0.2, 0) is 0 Å². The van der Waals surface area contributed by atoms with E-state index in [0.717, 1.165) is 17.0 Å². The van der Waals surface area contributed by atoms with E-state index in [0.29, 0.717) is 5.82 Å². The van der Waals surface area contributed by atoms with E-state index in [1.165, 1.54) is 0 Å². The highest BCUT2D eigenvalue weighted by atomic mass is 15.2. The molecule has 62 valence electrons. The average molecular weight is 162 g/mol. The molecule has 4 nitrogen and oxygen atoms in total. The third-order valence-electron chi connectivity index (χ3n) is 1.91. The van der Waals surface area contributed by atoms with E-state index < -0.39 is 0 Å². The summed E-state index contributed by atoms with van der Waals surface area (Å²) < 4.78 is 0. The second-order valence-corrected chi connectivity index (χ2v) is 2.69. The van der Waals surface area contributed by atoms with E-state index in [-0.39, 0.29) is 0 Å². The zero-order valence-electron chi connectivity index (χ0n) is 6.76. The van der Waals surface area contributed by atoms with Crippen LogP contribution in [0.3, 0.4) is 0 Å². The van der Waals surface area contributed by atoms with Gasteiger partial charge in [-0.1, -0.05) is 0 Å². The molecule has 0 aliphatic rings. The number of hydrogen-bond acceptors (Lipinski definition) is 2. The topological polar surface area (TPSA) is 70.5 Å². The molecular weight excluding hydrogens is 152 g/mol. The van der Waals surface area contributed by atoms with Gasteiger partial charge in [-0.25, -0.2) is 0 Å². The first kappa shape index (κ1) is 6.97. The lowest BCUT2D eigenvalue weighted by Gasteiger charge is -1.93. The SMILES string of the molecule is Cc1c(N)n[nH]c1-c1ccc[nH]1. The number of nitrogens with zero attached hydrogens (tertiary/aromatic N) is 1. The van der Waals surface area contributed by atoms with Crippen LogP contribution in [0.5, 0.6) is 0 Å². The van der Waals surface area contributed by atoms with Crippen molar-refractivity contribution in [2.75, 3.05) is 5.73 Å². The van der Waals surface area contributed by atoms with Gasteiger partial charge >= 0.3 is 0 Å². The molecule has 0 radical (unpaired) electrons. The van der Waals surface area contributed by atoms with E-state index in [9.17, 15) is 0 Å². The van der Waals surface area contributed by atoms with Crippen LogP contribution >= 0.6 is 0 Å². The molecule has 4 heteroatoms. The van der Waals surface area contributed by atoms with Crippen LogP contribution in [-0.4, -0.2) is 15.2 Å². The molecule has 0 atom stereocenters. The Balaban J connectivity index is 2.55. The minimum atomic E-state index is 0.555. The normalized spacial score (nSPS) is 10.4. The van der Waals surface area contributed by atoms with Crippen LogP contribution in [0.1, 0.15) is 5.56 Å². The number of hydrogen-bond donors (Lipinski definition) is 3. The highest BCUT2D eigenvalue weighted by Gasteiger charge is 2.07. The molecule has 0 spiro atoms. The standard InChI is InChI=1S/C8H10N4/c1-5-7(11-12-8(5)9)6-3-2-4-10-6/h2-4,10H,1H3,(H3,9,11,12). The molecule has 0 aromatic carbocycles. The average Bonchev–Trinajstić information content (AvgIpc) is 2.64. The van der Waals surface area contributed by atoms with Gasteiger partial charge in [0.25, 0.3) is 0 Å². The second-order valence-electron chi connectivity index (χ2n) is 2.69. The highest BCUT2D eigenvalue weighted by Crippen LogP contribution is 2.21. The summed E-state index contributed by atoms with van der Waals surface area (Å²) in [4.78, 5) is 3.08. The summed E-state index contributed by atoms with van der Waals surface area (Å²) in [7, 11) is 0. The van der Waals surface area contributed by atoms with Crippen LogP contribution in [0.15, 0.2) is 18.3 Å². The Bertz CT molecular complexity index is 372. The molecule has 2 aromatic rings. The predicted molar refractivity (Wildman–Crippen MR) is 47.5 cm³/mol. The van der Waals surface area contributed by atoms with E-state index in [1.807, 2.05) is 25.3 Å². The number of anilines is 1. The molecule has 0 unspecified atom stereocenters. The molecule has 0 bridgehead atoms. The van der Waals surface area contributed by atoms with Gasteiger partial charge in [0.1, 0.15) is 5.82 Å². The maximum Gasteiger partial charge on any atom is 0.148 e. The molecule has 0 saturated heterocycles. The molecule has 0 aliphatic carbocycles. The molecule has 0 saturated carbocycles. The summed E-state index contributed by atoms with van der Waals surface area (Å²) in [5.41, 5.74) is 8.54. The molecule has 2 heterocycles. The zero-order valence-corrected chi connectivity index (χ0v) is 6.76. The lowest BCUT2D eigenvalue weighted by atomic mass is 10.2. The molecule has 0 amide bonds. The lowest BCUT2D eigenvalue weighted by molar-refractivity contribution is 1.10. The lowest BCUT2D eigenvalue weighted by Crippen LogP contribution is -1.86. The zero-order chi connectivity index (χ0) is 8.55. The largest absolute Gasteiger partial charge is 0.382 e. The Hall–Kier alpha value is -1.71. The van der Waals surface area contributed by atoms with Gasteiger partial charge in [-0.2, -0.15) is 5.10 Å². The number of aromatic nitrogens is 3. The van der Waals surface area contributed by atoms with Gasteiger partial charge in [0.2, 0.25) is 0 Å². The number of nitrogen functional groups attached to an aromatic ring is 1. The van der Waals surface area contributed by atoms with Crippen molar-refractivity contribution in [1.29, 1.82) is 0 Å². The third-order valence-corrected chi connectivity index (χ3v) is 1.91. The fraction of sp³-hybridized carbons (Fsp3) is 0.125. The number of H-pyrrole nitrogens is 2. The van der Waals surface area contributed by atoms with Crippen LogP contribution in [0.25, 0.3) is 11.4 Å². The Morgan fingerprint density at radius 1 is 1.50 bits per heavy atom. The van der Waals surface area contributed by atoms with Gasteiger partial charge in [-0.05, 0) is 19.1 Å². The van der Waals surface area contributed by atoms with Gasteiger partial charge in [0.15, 0.2) is 0 Å². The molecule has 0 aliphatic heterocycles. The van der Waals surface area contributed by atoms with Gasteiger partial charge in [0.05, 0.1) is 11.4 Å². The van der Waals surface area contributed by atoms with Gasteiger partial charge in [0, 0.05) is 11.8 Å². The maximum atomic E-state index is 5.59. The Morgan fingerprint density at radius 2 is 2.33 bits per heavy atom. The molecule has 2 rings (SSSR count). The number of nitrogens with two attached hydrogens (primary N) is 1. The van der Waals surface area contributed by atoms with Crippen LogP contribution in [0, 0.1) is 6.92 Å². The van der Waals surface area contributed by atoms with E-state index in [4.69, 9.17) is 5.73 Å². The van der Waals surface area contributed by atoms with E-state index in [2.05, 4.69) is 15.2 Å². The molecule has 4 N–H and O–H groups in total. The summed E-state index contributed by atoms with van der Waals surface area (Å²) in [6.45, 7) is 1.94. The van der Waals surface area contributed by atoms with Crippen molar-refractivity contribution in [2.45, 2.75) is 6.92 Å². The quantitative estimate of drug-likeness (QED) is 0.591. The Kier molecular flexibility index (Phi) is 1.40. The minimum absolute atomic E-state index is 0.555. The first-order chi connectivity index (χ1) is 5.79. The van der Waals surface area contributed by atoms with Gasteiger partial charge in [-0.3, -0.25) is 5.10 Å². The molecule has 0 fully saturated rings. The summed E-state index contributed by atoms with van der Waals surface area (Å²) in [6, 6.07) is 3.91. The number of aromatic amines is 2. The van der Waals surface area contributed by atoms with Crippen LogP contribution < -0.4 is 5.73 Å². The van der Waals surface area contributed by atoms with Crippen molar-refractivity contribution in [3.63, 3.8) is 0 Å². The Morgan fingerprint density at radius 3 is 2.83 bits per heavy atom. The van der Waals surface area contributed by atoms with Crippen LogP contribution in [0.2, 0.25) is 0 Å². The molecule has 12 heavy (non-hydrogen) atoms. The monoisotopic (exact) mass is 162 g/mol. The second kappa shape index (κ2) is 2.41. The number of rotatable bonds is 1. The predicted octanol–water partition coefficient (Wildman–Crippen LogP) is 1.30. The fourth-order valence-electron chi connectivity index (χ4n) is 1.16. The summed E-state index contributed by atoms with van der Waals surface area (Å²) in [6.07, 6.45) is 1.87. The van der Waals surface area contributed by atoms with Crippen molar-refractivity contribution in [3.8, 4) is 11.4 Å². The summed E-state index contributed by atoms with van der Waals surface area (Å²) in [5, 5.41) is 6.77. The maximum absolute atomic E-state index is 5.59. The summed E-state index contributed by atoms with van der Waals surface area (Å²) in [5.74, 6) is 0.555. The number of nitrogens with one attached hydrogen (secondary N) is 2. The van der Waals surface area contributed by atoms with Gasteiger partial charge < -0.3 is 10.7 Å². The first-order valence-electron chi connectivity index (χ1n) is 3.73. The third kappa shape index (κ3) is 0.887. The van der Waals surface area contributed by atoms with E-state index >= 15 is 0 Å². The van der Waals surface area contributed by atoms with Crippen molar-refractivity contribution in [2.24, 2.45) is 0 Å². The van der Waals surface area contributed by atoms with Crippen molar-refractivity contribution < 1.29 is 0 Å². The first-order valence-corrected chi connectivity index (χ1v) is 3.73. The minimum Gasteiger partial charge on any atom is -0.382 e. The highest BCUT2D eigenvalue weighted by molar-refractivity contribution is 5.64. The van der Waals surface area contributed by atoms with Gasteiger partial charge in [-0.15, -0.1) is 0 Å². The van der Waals surface area contributed by atoms with Crippen molar-refractivity contribution >= 4 is 5.82 Å². The Labute approximate surface area is 69.8 Å². The van der Waals surface area contributed by atoms with Crippen LogP contribution in [0.4, 0.5) is 5.82 Å². The van der Waals surface area contributed by atoms with Crippen molar-refractivity contribution in [1.82, 2.24) is 15.2 Å². The smallest absolute Gasteiger partial charge is 0.148 e.